The average molecular weight is 267 g/mol. The molecular formula is C16H14FN3. The molecule has 1 unspecified atom stereocenters. The first kappa shape index (κ1) is 12.5. The molecule has 3 rings (SSSR count). The second-order valence-electron chi connectivity index (χ2n) is 4.72. The van der Waals surface area contributed by atoms with Crippen molar-refractivity contribution in [3.05, 3.63) is 71.5 Å². The van der Waals surface area contributed by atoms with Crippen molar-refractivity contribution in [3.63, 3.8) is 0 Å². The van der Waals surface area contributed by atoms with E-state index in [4.69, 9.17) is 5.73 Å². The van der Waals surface area contributed by atoms with Crippen LogP contribution in [0.1, 0.15) is 23.5 Å². The molecule has 0 fully saturated rings. The molecule has 0 radical (unpaired) electrons. The van der Waals surface area contributed by atoms with Crippen molar-refractivity contribution in [1.82, 2.24) is 0 Å². The highest BCUT2D eigenvalue weighted by Crippen LogP contribution is 2.28. The third kappa shape index (κ3) is 2.32. The second kappa shape index (κ2) is 5.25. The highest BCUT2D eigenvalue weighted by molar-refractivity contribution is 6.08. The Balaban J connectivity index is 2.08. The van der Waals surface area contributed by atoms with Crippen LogP contribution in [0.3, 0.4) is 0 Å². The summed E-state index contributed by atoms with van der Waals surface area (Å²) in [5.41, 5.74) is 7.96. The number of rotatable bonds is 2. The highest BCUT2D eigenvalue weighted by Gasteiger charge is 2.26. The average Bonchev–Trinajstić information content (AvgIpc) is 2.49. The fourth-order valence-corrected chi connectivity index (χ4v) is 2.41. The lowest BCUT2D eigenvalue weighted by atomic mass is 9.86. The fraction of sp³-hybridized carbons (Fsp3) is 0.125. The maximum Gasteiger partial charge on any atom is 0.132 e. The van der Waals surface area contributed by atoms with E-state index >= 15 is 0 Å². The van der Waals surface area contributed by atoms with Crippen LogP contribution in [0, 0.1) is 5.82 Å². The van der Waals surface area contributed by atoms with Crippen LogP contribution in [-0.4, -0.2) is 11.5 Å². The summed E-state index contributed by atoms with van der Waals surface area (Å²) in [5, 5.41) is 8.06. The number of halogens is 1. The van der Waals surface area contributed by atoms with Gasteiger partial charge in [0, 0.05) is 17.9 Å². The molecule has 0 aliphatic carbocycles. The second-order valence-corrected chi connectivity index (χ2v) is 4.72. The van der Waals surface area contributed by atoms with Crippen molar-refractivity contribution >= 4 is 11.5 Å². The van der Waals surface area contributed by atoms with Gasteiger partial charge < -0.3 is 5.73 Å². The molecule has 0 saturated carbocycles. The Bertz CT molecular complexity index is 677. The lowest BCUT2D eigenvalue weighted by molar-refractivity contribution is 0.623. The van der Waals surface area contributed by atoms with Gasteiger partial charge in [0.2, 0.25) is 0 Å². The van der Waals surface area contributed by atoms with Gasteiger partial charge in [-0.15, -0.1) is 5.10 Å². The monoisotopic (exact) mass is 267 g/mol. The predicted molar refractivity (Wildman–Crippen MR) is 78.4 cm³/mol. The number of nitrogens with zero attached hydrogens (tertiary/aromatic N) is 2. The van der Waals surface area contributed by atoms with Crippen molar-refractivity contribution in [1.29, 1.82) is 0 Å². The van der Waals surface area contributed by atoms with E-state index in [0.717, 1.165) is 5.56 Å². The summed E-state index contributed by atoms with van der Waals surface area (Å²) in [4.78, 5) is 0. The van der Waals surface area contributed by atoms with Gasteiger partial charge in [0.25, 0.3) is 0 Å². The zero-order valence-corrected chi connectivity index (χ0v) is 10.8. The smallest absolute Gasteiger partial charge is 0.132 e. The molecule has 100 valence electrons. The Hall–Kier alpha value is -2.49. The van der Waals surface area contributed by atoms with E-state index in [-0.39, 0.29) is 11.7 Å². The fourth-order valence-electron chi connectivity index (χ4n) is 2.41. The van der Waals surface area contributed by atoms with E-state index in [1.807, 2.05) is 30.3 Å². The van der Waals surface area contributed by atoms with Crippen LogP contribution in [-0.2, 0) is 0 Å². The van der Waals surface area contributed by atoms with Crippen LogP contribution < -0.4 is 5.73 Å². The van der Waals surface area contributed by atoms with Gasteiger partial charge in [0.1, 0.15) is 11.7 Å². The third-order valence-corrected chi connectivity index (χ3v) is 3.38. The molecule has 1 heterocycles. The molecule has 0 spiro atoms. The van der Waals surface area contributed by atoms with Gasteiger partial charge in [-0.05, 0) is 11.6 Å². The lowest BCUT2D eigenvalue weighted by Gasteiger charge is -2.22. The summed E-state index contributed by atoms with van der Waals surface area (Å²) in [6.07, 6.45) is 0.553. The van der Waals surface area contributed by atoms with Crippen molar-refractivity contribution < 1.29 is 4.39 Å². The van der Waals surface area contributed by atoms with E-state index in [1.165, 1.54) is 6.07 Å². The van der Waals surface area contributed by atoms with Gasteiger partial charge in [0.15, 0.2) is 0 Å². The minimum absolute atomic E-state index is 0.0643. The van der Waals surface area contributed by atoms with E-state index in [1.54, 1.807) is 18.2 Å². The molecule has 0 aromatic heterocycles. The predicted octanol–water partition coefficient (Wildman–Crippen LogP) is 3.07. The molecule has 1 aliphatic heterocycles. The molecular weight excluding hydrogens is 253 g/mol. The summed E-state index contributed by atoms with van der Waals surface area (Å²) in [6.45, 7) is 0. The van der Waals surface area contributed by atoms with E-state index in [2.05, 4.69) is 10.2 Å². The van der Waals surface area contributed by atoms with Crippen molar-refractivity contribution in [2.75, 3.05) is 0 Å². The molecule has 0 amide bonds. The normalized spacial score (nSPS) is 18.4. The van der Waals surface area contributed by atoms with Crippen molar-refractivity contribution in [3.8, 4) is 0 Å². The standard InChI is InChI=1S/C16H14FN3/c17-14-9-5-4-8-12(14)16-13(10-15(18)19-20-16)11-6-2-1-3-7-11/h1-9,13H,10H2,(H2,18,19). The molecule has 0 saturated heterocycles. The minimum Gasteiger partial charge on any atom is -0.386 e. The molecule has 0 bridgehead atoms. The Morgan fingerprint density at radius 1 is 0.950 bits per heavy atom. The van der Waals surface area contributed by atoms with Gasteiger partial charge in [0.05, 0.1) is 5.71 Å². The molecule has 2 aromatic rings. The van der Waals surface area contributed by atoms with Crippen LogP contribution in [0.4, 0.5) is 4.39 Å². The Labute approximate surface area is 116 Å². The molecule has 4 heteroatoms. The van der Waals surface area contributed by atoms with Gasteiger partial charge in [-0.25, -0.2) is 4.39 Å². The summed E-state index contributed by atoms with van der Waals surface area (Å²) in [5.74, 6) is 0.118. The lowest BCUT2D eigenvalue weighted by Crippen LogP contribution is -2.26. The number of nitrogens with two attached hydrogens (primary N) is 1. The minimum atomic E-state index is -0.289. The number of amidine groups is 1. The maximum absolute atomic E-state index is 14.0. The zero-order chi connectivity index (χ0) is 13.9. The number of hydrogen-bond donors (Lipinski definition) is 1. The highest BCUT2D eigenvalue weighted by atomic mass is 19.1. The van der Waals surface area contributed by atoms with Crippen molar-refractivity contribution in [2.45, 2.75) is 12.3 Å². The number of hydrogen-bond acceptors (Lipinski definition) is 3. The Morgan fingerprint density at radius 2 is 1.65 bits per heavy atom. The number of benzene rings is 2. The van der Waals surface area contributed by atoms with Crippen LogP contribution >= 0.6 is 0 Å². The third-order valence-electron chi connectivity index (χ3n) is 3.38. The first-order valence-corrected chi connectivity index (χ1v) is 6.45. The largest absolute Gasteiger partial charge is 0.386 e. The van der Waals surface area contributed by atoms with Gasteiger partial charge in [-0.2, -0.15) is 5.10 Å². The van der Waals surface area contributed by atoms with Gasteiger partial charge >= 0.3 is 0 Å². The molecule has 3 nitrogen and oxygen atoms in total. The SMILES string of the molecule is NC1=NN=C(c2ccccc2F)C(c2ccccc2)C1. The molecule has 2 N–H and O–H groups in total. The van der Waals surface area contributed by atoms with Crippen LogP contribution in [0.25, 0.3) is 0 Å². The molecule has 2 aromatic carbocycles. The van der Waals surface area contributed by atoms with Crippen molar-refractivity contribution in [2.24, 2.45) is 15.9 Å². The van der Waals surface area contributed by atoms with Crippen LogP contribution in [0.15, 0.2) is 64.8 Å². The first-order chi connectivity index (χ1) is 9.75. The summed E-state index contributed by atoms with van der Waals surface area (Å²) in [7, 11) is 0. The van der Waals surface area contributed by atoms with E-state index < -0.39 is 0 Å². The Morgan fingerprint density at radius 3 is 2.40 bits per heavy atom. The molecule has 20 heavy (non-hydrogen) atoms. The van der Waals surface area contributed by atoms with E-state index in [0.29, 0.717) is 23.5 Å². The van der Waals surface area contributed by atoms with Gasteiger partial charge in [-0.3, -0.25) is 0 Å². The maximum atomic E-state index is 14.0. The quantitative estimate of drug-likeness (QED) is 0.893. The summed E-state index contributed by atoms with van der Waals surface area (Å²) >= 11 is 0. The summed E-state index contributed by atoms with van der Waals surface area (Å²) < 4.78 is 14.0. The molecule has 1 atom stereocenters. The zero-order valence-electron chi connectivity index (χ0n) is 10.8. The summed E-state index contributed by atoms with van der Waals surface area (Å²) in [6, 6.07) is 16.5. The van der Waals surface area contributed by atoms with Gasteiger partial charge in [-0.1, -0.05) is 48.5 Å². The van der Waals surface area contributed by atoms with Crippen LogP contribution in [0.5, 0.6) is 0 Å². The Kier molecular flexibility index (Phi) is 3.29. The first-order valence-electron chi connectivity index (χ1n) is 6.45. The van der Waals surface area contributed by atoms with Crippen LogP contribution in [0.2, 0.25) is 0 Å². The molecule has 1 aliphatic rings. The topological polar surface area (TPSA) is 50.7 Å². The van der Waals surface area contributed by atoms with E-state index in [9.17, 15) is 4.39 Å².